The minimum atomic E-state index is -0.343. The molecule has 0 fully saturated rings. The number of methoxy groups -OCH3 is 2. The summed E-state index contributed by atoms with van der Waals surface area (Å²) in [6, 6.07) is 13.0. The molecule has 0 saturated heterocycles. The fraction of sp³-hybridized carbons (Fsp3) is 0.292. The summed E-state index contributed by atoms with van der Waals surface area (Å²) in [5, 5.41) is 0.614. The number of rotatable bonds is 4. The molecule has 2 heterocycles. The number of furan rings is 1. The van der Waals surface area contributed by atoms with Gasteiger partial charge in [-0.25, -0.2) is 0 Å². The van der Waals surface area contributed by atoms with Gasteiger partial charge in [0.2, 0.25) is 0 Å². The first kappa shape index (κ1) is 20.4. The molecule has 0 bridgehead atoms. The molecular formula is C24H24ClNO4. The molecule has 30 heavy (non-hydrogen) atoms. The highest BCUT2D eigenvalue weighted by Gasteiger charge is 2.35. The number of aryl methyl sites for hydroxylation is 2. The average Bonchev–Trinajstić information content (AvgIpc) is 3.09. The molecule has 4 rings (SSSR count). The van der Waals surface area contributed by atoms with Crippen LogP contribution < -0.4 is 9.47 Å². The number of halogens is 1. The number of amides is 1. The van der Waals surface area contributed by atoms with E-state index >= 15 is 0 Å². The lowest BCUT2D eigenvalue weighted by atomic mass is 9.87. The van der Waals surface area contributed by atoms with Gasteiger partial charge in [-0.1, -0.05) is 29.8 Å². The fourth-order valence-electron chi connectivity index (χ4n) is 4.19. The van der Waals surface area contributed by atoms with Crippen molar-refractivity contribution in [3.63, 3.8) is 0 Å². The number of carbonyl (C=O) groups excluding carboxylic acids is 1. The van der Waals surface area contributed by atoms with Crippen LogP contribution in [0.25, 0.3) is 0 Å². The molecule has 1 atom stereocenters. The van der Waals surface area contributed by atoms with Gasteiger partial charge >= 0.3 is 0 Å². The smallest absolute Gasteiger partial charge is 0.258 e. The SMILES string of the molecule is COc1cc2c(cc1OC)[C@H](c1ccccc1Cl)N(C(=O)c1cc(C)oc1C)CC2. The summed E-state index contributed by atoms with van der Waals surface area (Å²) in [6.45, 7) is 4.22. The molecule has 2 aromatic carbocycles. The van der Waals surface area contributed by atoms with Crippen molar-refractivity contribution in [2.24, 2.45) is 0 Å². The monoisotopic (exact) mass is 425 g/mol. The summed E-state index contributed by atoms with van der Waals surface area (Å²) in [5.41, 5.74) is 3.55. The highest BCUT2D eigenvalue weighted by molar-refractivity contribution is 6.31. The molecule has 1 aliphatic heterocycles. The minimum absolute atomic E-state index is 0.0743. The van der Waals surface area contributed by atoms with Gasteiger partial charge in [0, 0.05) is 11.6 Å². The molecule has 156 valence electrons. The van der Waals surface area contributed by atoms with Gasteiger partial charge in [-0.2, -0.15) is 0 Å². The number of fused-ring (bicyclic) bond motifs is 1. The van der Waals surface area contributed by atoms with Gasteiger partial charge in [-0.05, 0) is 61.2 Å². The van der Waals surface area contributed by atoms with Crippen molar-refractivity contribution in [2.75, 3.05) is 20.8 Å². The van der Waals surface area contributed by atoms with Crippen LogP contribution in [0.1, 0.15) is 44.6 Å². The predicted octanol–water partition coefficient (Wildman–Crippen LogP) is 5.35. The summed E-state index contributed by atoms with van der Waals surface area (Å²) in [5.74, 6) is 2.56. The molecule has 1 amide bonds. The maximum absolute atomic E-state index is 13.6. The Bertz CT molecular complexity index is 1100. The number of hydrogen-bond donors (Lipinski definition) is 0. The maximum Gasteiger partial charge on any atom is 0.258 e. The number of hydrogen-bond acceptors (Lipinski definition) is 4. The second kappa shape index (κ2) is 8.07. The summed E-state index contributed by atoms with van der Waals surface area (Å²) >= 11 is 6.60. The lowest BCUT2D eigenvalue weighted by Gasteiger charge is -2.38. The highest BCUT2D eigenvalue weighted by atomic mass is 35.5. The molecule has 1 aromatic heterocycles. The van der Waals surface area contributed by atoms with Gasteiger partial charge in [0.1, 0.15) is 11.5 Å². The highest BCUT2D eigenvalue weighted by Crippen LogP contribution is 2.43. The van der Waals surface area contributed by atoms with Gasteiger partial charge in [0.15, 0.2) is 11.5 Å². The third-order valence-corrected chi connectivity index (χ3v) is 5.95. The Balaban J connectivity index is 1.89. The standard InChI is InChI=1S/C24H24ClNO4/c1-14-11-18(15(2)30-14)24(27)26-10-9-16-12-21(28-3)22(29-4)13-19(16)23(26)17-7-5-6-8-20(17)25/h5-8,11-13,23H,9-10H2,1-4H3/t23-/m0/s1. The summed E-state index contributed by atoms with van der Waals surface area (Å²) < 4.78 is 16.6. The average molecular weight is 426 g/mol. The van der Waals surface area contributed by atoms with Crippen molar-refractivity contribution in [1.82, 2.24) is 4.90 Å². The molecule has 0 N–H and O–H groups in total. The molecule has 1 aliphatic rings. The van der Waals surface area contributed by atoms with Crippen LogP contribution in [-0.2, 0) is 6.42 Å². The topological polar surface area (TPSA) is 51.9 Å². The lowest BCUT2D eigenvalue weighted by molar-refractivity contribution is 0.0692. The van der Waals surface area contributed by atoms with Gasteiger partial charge in [0.25, 0.3) is 5.91 Å². The van der Waals surface area contributed by atoms with Crippen LogP contribution >= 0.6 is 11.6 Å². The Kier molecular flexibility index (Phi) is 5.48. The van der Waals surface area contributed by atoms with Crippen LogP contribution in [0.15, 0.2) is 46.9 Å². The molecule has 3 aromatic rings. The Morgan fingerprint density at radius 3 is 2.40 bits per heavy atom. The molecule has 0 aliphatic carbocycles. The zero-order chi connectivity index (χ0) is 21.4. The normalized spacial score (nSPS) is 15.6. The Labute approximate surface area is 181 Å². The first-order valence-corrected chi connectivity index (χ1v) is 10.2. The van der Waals surface area contributed by atoms with E-state index in [1.54, 1.807) is 20.3 Å². The number of carbonyl (C=O) groups is 1. The third-order valence-electron chi connectivity index (χ3n) is 5.61. The summed E-state index contributed by atoms with van der Waals surface area (Å²) in [6.07, 6.45) is 0.707. The molecule has 6 heteroatoms. The first-order chi connectivity index (χ1) is 14.4. The van der Waals surface area contributed by atoms with Gasteiger partial charge in [0.05, 0.1) is 25.8 Å². The van der Waals surface area contributed by atoms with E-state index in [0.29, 0.717) is 46.6 Å². The zero-order valence-corrected chi connectivity index (χ0v) is 18.2. The van der Waals surface area contributed by atoms with E-state index in [1.165, 1.54) is 0 Å². The maximum atomic E-state index is 13.6. The van der Waals surface area contributed by atoms with Crippen LogP contribution in [0.5, 0.6) is 11.5 Å². The predicted molar refractivity (Wildman–Crippen MR) is 116 cm³/mol. The van der Waals surface area contributed by atoms with Crippen molar-refractivity contribution in [3.8, 4) is 11.5 Å². The second-order valence-electron chi connectivity index (χ2n) is 7.41. The summed E-state index contributed by atoms with van der Waals surface area (Å²) in [4.78, 5) is 15.5. The van der Waals surface area contributed by atoms with Crippen molar-refractivity contribution < 1.29 is 18.7 Å². The number of ether oxygens (including phenoxy) is 2. The Hall–Kier alpha value is -2.92. The van der Waals surface area contributed by atoms with Crippen LogP contribution in [-0.4, -0.2) is 31.6 Å². The van der Waals surface area contributed by atoms with E-state index in [2.05, 4.69) is 0 Å². The number of nitrogens with zero attached hydrogens (tertiary/aromatic N) is 1. The second-order valence-corrected chi connectivity index (χ2v) is 7.81. The third kappa shape index (κ3) is 3.43. The molecule has 0 unspecified atom stereocenters. The zero-order valence-electron chi connectivity index (χ0n) is 17.5. The van der Waals surface area contributed by atoms with Crippen molar-refractivity contribution in [2.45, 2.75) is 26.3 Å². The molecule has 0 saturated carbocycles. The molecular weight excluding hydrogens is 402 g/mol. The van der Waals surface area contributed by atoms with Crippen LogP contribution in [0.2, 0.25) is 5.02 Å². The van der Waals surface area contributed by atoms with E-state index in [1.807, 2.05) is 55.1 Å². The van der Waals surface area contributed by atoms with E-state index < -0.39 is 0 Å². The fourth-order valence-corrected chi connectivity index (χ4v) is 4.43. The van der Waals surface area contributed by atoms with E-state index in [-0.39, 0.29) is 11.9 Å². The van der Waals surface area contributed by atoms with Gasteiger partial charge in [-0.15, -0.1) is 0 Å². The largest absolute Gasteiger partial charge is 0.493 e. The molecule has 0 radical (unpaired) electrons. The molecule has 0 spiro atoms. The van der Waals surface area contributed by atoms with E-state index in [9.17, 15) is 4.79 Å². The van der Waals surface area contributed by atoms with Crippen molar-refractivity contribution in [3.05, 3.63) is 81.3 Å². The minimum Gasteiger partial charge on any atom is -0.493 e. The van der Waals surface area contributed by atoms with Crippen LogP contribution in [0.4, 0.5) is 0 Å². The quantitative estimate of drug-likeness (QED) is 0.565. The Morgan fingerprint density at radius 1 is 1.07 bits per heavy atom. The first-order valence-electron chi connectivity index (χ1n) is 9.81. The van der Waals surface area contributed by atoms with E-state index in [0.717, 1.165) is 16.7 Å². The van der Waals surface area contributed by atoms with Crippen LogP contribution in [0, 0.1) is 13.8 Å². The van der Waals surface area contributed by atoms with Gasteiger partial charge in [-0.3, -0.25) is 4.79 Å². The summed E-state index contributed by atoms with van der Waals surface area (Å²) in [7, 11) is 3.23. The molecule has 5 nitrogen and oxygen atoms in total. The lowest BCUT2D eigenvalue weighted by Crippen LogP contribution is -2.41. The van der Waals surface area contributed by atoms with E-state index in [4.69, 9.17) is 25.5 Å². The van der Waals surface area contributed by atoms with Crippen molar-refractivity contribution >= 4 is 17.5 Å². The van der Waals surface area contributed by atoms with Crippen LogP contribution in [0.3, 0.4) is 0 Å². The van der Waals surface area contributed by atoms with Gasteiger partial charge < -0.3 is 18.8 Å². The van der Waals surface area contributed by atoms with Crippen molar-refractivity contribution in [1.29, 1.82) is 0 Å². The Morgan fingerprint density at radius 2 is 1.77 bits per heavy atom. The number of benzene rings is 2.